The van der Waals surface area contributed by atoms with Gasteiger partial charge >= 0.3 is 0 Å². The zero-order valence-corrected chi connectivity index (χ0v) is 10.4. The van der Waals surface area contributed by atoms with E-state index < -0.39 is 5.82 Å². The van der Waals surface area contributed by atoms with Crippen LogP contribution in [-0.2, 0) is 0 Å². The summed E-state index contributed by atoms with van der Waals surface area (Å²) in [5, 5.41) is -0.0690. The standard InChI is InChI=1S/C13H10ClFN2O/c1-17(10-3-2-6-16-8-10)13(18)9-4-5-12(15)11(14)7-9/h2-8H,1H3. The maximum absolute atomic E-state index is 13.0. The van der Waals surface area contributed by atoms with Gasteiger partial charge in [0.2, 0.25) is 0 Å². The van der Waals surface area contributed by atoms with Crippen molar-refractivity contribution in [2.24, 2.45) is 0 Å². The number of halogens is 2. The lowest BCUT2D eigenvalue weighted by molar-refractivity contribution is 0.0993. The number of pyridine rings is 1. The molecule has 92 valence electrons. The van der Waals surface area contributed by atoms with E-state index in [1.54, 1.807) is 31.6 Å². The van der Waals surface area contributed by atoms with Gasteiger partial charge in [-0.05, 0) is 30.3 Å². The first-order valence-electron chi connectivity index (χ1n) is 5.22. The van der Waals surface area contributed by atoms with Gasteiger partial charge in [0.25, 0.3) is 5.91 Å². The number of aromatic nitrogens is 1. The lowest BCUT2D eigenvalue weighted by Gasteiger charge is -2.16. The monoisotopic (exact) mass is 264 g/mol. The van der Waals surface area contributed by atoms with Gasteiger partial charge in [0.1, 0.15) is 5.82 Å². The number of carbonyl (C=O) groups excluding carboxylic acids is 1. The molecule has 0 fully saturated rings. The number of rotatable bonds is 2. The van der Waals surface area contributed by atoms with Crippen molar-refractivity contribution in [3.63, 3.8) is 0 Å². The highest BCUT2D eigenvalue weighted by molar-refractivity contribution is 6.31. The van der Waals surface area contributed by atoms with Gasteiger partial charge in [-0.2, -0.15) is 0 Å². The van der Waals surface area contributed by atoms with E-state index in [1.165, 1.54) is 23.1 Å². The quantitative estimate of drug-likeness (QED) is 0.835. The van der Waals surface area contributed by atoms with Gasteiger partial charge < -0.3 is 4.90 Å². The SMILES string of the molecule is CN(C(=O)c1ccc(F)c(Cl)c1)c1cccnc1. The van der Waals surface area contributed by atoms with E-state index in [4.69, 9.17) is 11.6 Å². The fourth-order valence-electron chi connectivity index (χ4n) is 1.49. The maximum Gasteiger partial charge on any atom is 0.258 e. The van der Waals surface area contributed by atoms with Crippen LogP contribution in [0.25, 0.3) is 0 Å². The molecule has 18 heavy (non-hydrogen) atoms. The van der Waals surface area contributed by atoms with Crippen molar-refractivity contribution in [1.29, 1.82) is 0 Å². The van der Waals surface area contributed by atoms with Crippen molar-refractivity contribution in [2.75, 3.05) is 11.9 Å². The van der Waals surface area contributed by atoms with Gasteiger partial charge in [-0.15, -0.1) is 0 Å². The summed E-state index contributed by atoms with van der Waals surface area (Å²) in [5.41, 5.74) is 0.982. The third-order valence-corrected chi connectivity index (χ3v) is 2.79. The number of carbonyl (C=O) groups is 1. The van der Waals surface area contributed by atoms with Crippen LogP contribution in [0.5, 0.6) is 0 Å². The highest BCUT2D eigenvalue weighted by Crippen LogP contribution is 2.19. The van der Waals surface area contributed by atoms with E-state index >= 15 is 0 Å². The average Bonchev–Trinajstić information content (AvgIpc) is 2.41. The number of nitrogens with zero attached hydrogens (tertiary/aromatic N) is 2. The molecular weight excluding hydrogens is 255 g/mol. The van der Waals surface area contributed by atoms with Gasteiger partial charge in [0.15, 0.2) is 0 Å². The first-order valence-corrected chi connectivity index (χ1v) is 5.60. The second-order valence-corrected chi connectivity index (χ2v) is 4.11. The van der Waals surface area contributed by atoms with Crippen LogP contribution in [0, 0.1) is 5.82 Å². The molecule has 0 atom stereocenters. The van der Waals surface area contributed by atoms with Crippen molar-refractivity contribution in [1.82, 2.24) is 4.98 Å². The topological polar surface area (TPSA) is 33.2 Å². The number of benzene rings is 1. The van der Waals surface area contributed by atoms with Crippen molar-refractivity contribution in [3.8, 4) is 0 Å². The molecule has 0 unspecified atom stereocenters. The predicted molar refractivity (Wildman–Crippen MR) is 68.4 cm³/mol. The molecule has 5 heteroatoms. The second kappa shape index (κ2) is 5.14. The second-order valence-electron chi connectivity index (χ2n) is 3.70. The molecule has 3 nitrogen and oxygen atoms in total. The van der Waals surface area contributed by atoms with Crippen LogP contribution in [0.1, 0.15) is 10.4 Å². The van der Waals surface area contributed by atoms with Crippen LogP contribution in [-0.4, -0.2) is 17.9 Å². The summed E-state index contributed by atoms with van der Waals surface area (Å²) in [6.45, 7) is 0. The summed E-state index contributed by atoms with van der Waals surface area (Å²) in [4.78, 5) is 17.5. The molecule has 0 spiro atoms. The molecule has 0 radical (unpaired) electrons. The van der Waals surface area contributed by atoms with E-state index in [1.807, 2.05) is 0 Å². The molecule has 0 aliphatic heterocycles. The zero-order chi connectivity index (χ0) is 13.1. The molecule has 0 aliphatic carbocycles. The summed E-state index contributed by atoms with van der Waals surface area (Å²) in [7, 11) is 1.62. The minimum Gasteiger partial charge on any atom is -0.310 e. The average molecular weight is 265 g/mol. The first-order chi connectivity index (χ1) is 8.59. The molecule has 2 rings (SSSR count). The van der Waals surface area contributed by atoms with Crippen molar-refractivity contribution < 1.29 is 9.18 Å². The van der Waals surface area contributed by atoms with Crippen LogP contribution in [0.3, 0.4) is 0 Å². The van der Waals surface area contributed by atoms with Crippen LogP contribution in [0.4, 0.5) is 10.1 Å². The number of hydrogen-bond donors (Lipinski definition) is 0. The molecular formula is C13H10ClFN2O. The van der Waals surface area contributed by atoms with E-state index in [2.05, 4.69) is 4.98 Å². The highest BCUT2D eigenvalue weighted by atomic mass is 35.5. The van der Waals surface area contributed by atoms with E-state index in [9.17, 15) is 9.18 Å². The fraction of sp³-hybridized carbons (Fsp3) is 0.0769. The summed E-state index contributed by atoms with van der Waals surface area (Å²) in [5.74, 6) is -0.817. The Morgan fingerprint density at radius 3 is 2.78 bits per heavy atom. The minimum atomic E-state index is -0.544. The first kappa shape index (κ1) is 12.5. The van der Waals surface area contributed by atoms with Crippen LogP contribution >= 0.6 is 11.6 Å². The van der Waals surface area contributed by atoms with Crippen molar-refractivity contribution >= 4 is 23.2 Å². The normalized spacial score (nSPS) is 10.2. The molecule has 1 heterocycles. The lowest BCUT2D eigenvalue weighted by Crippen LogP contribution is -2.26. The van der Waals surface area contributed by atoms with Gasteiger partial charge in [-0.25, -0.2) is 4.39 Å². The zero-order valence-electron chi connectivity index (χ0n) is 9.60. The van der Waals surface area contributed by atoms with Crippen molar-refractivity contribution in [3.05, 3.63) is 59.1 Å². The molecule has 0 saturated carbocycles. The van der Waals surface area contributed by atoms with E-state index in [-0.39, 0.29) is 10.9 Å². The predicted octanol–water partition coefficient (Wildman–Crippen LogP) is 3.15. The Labute approximate surface area is 109 Å². The van der Waals surface area contributed by atoms with Crippen LogP contribution in [0.2, 0.25) is 5.02 Å². The fourth-order valence-corrected chi connectivity index (χ4v) is 1.67. The molecule has 2 aromatic rings. The number of hydrogen-bond acceptors (Lipinski definition) is 2. The van der Waals surface area contributed by atoms with Gasteiger partial charge in [-0.3, -0.25) is 9.78 Å². The number of anilines is 1. The third-order valence-electron chi connectivity index (χ3n) is 2.50. The van der Waals surface area contributed by atoms with Crippen LogP contribution < -0.4 is 4.90 Å². The minimum absolute atomic E-state index is 0.0690. The summed E-state index contributed by atoms with van der Waals surface area (Å²) in [6, 6.07) is 7.38. The molecule has 0 N–H and O–H groups in total. The number of amides is 1. The molecule has 1 aromatic heterocycles. The Balaban J connectivity index is 2.29. The summed E-state index contributed by atoms with van der Waals surface area (Å²) in [6.07, 6.45) is 3.19. The highest BCUT2D eigenvalue weighted by Gasteiger charge is 2.14. The van der Waals surface area contributed by atoms with E-state index in [0.29, 0.717) is 11.3 Å². The molecule has 0 bridgehead atoms. The summed E-state index contributed by atoms with van der Waals surface area (Å²) < 4.78 is 13.0. The largest absolute Gasteiger partial charge is 0.310 e. The van der Waals surface area contributed by atoms with Gasteiger partial charge in [0, 0.05) is 18.8 Å². The lowest BCUT2D eigenvalue weighted by atomic mass is 10.2. The Morgan fingerprint density at radius 1 is 1.39 bits per heavy atom. The van der Waals surface area contributed by atoms with E-state index in [0.717, 1.165) is 0 Å². The van der Waals surface area contributed by atoms with Gasteiger partial charge in [-0.1, -0.05) is 11.6 Å². The Hall–Kier alpha value is -1.94. The van der Waals surface area contributed by atoms with Gasteiger partial charge in [0.05, 0.1) is 16.9 Å². The molecule has 1 amide bonds. The molecule has 0 aliphatic rings. The summed E-state index contributed by atoms with van der Waals surface area (Å²) >= 11 is 5.65. The Morgan fingerprint density at radius 2 is 2.17 bits per heavy atom. The van der Waals surface area contributed by atoms with Crippen molar-refractivity contribution in [2.45, 2.75) is 0 Å². The van der Waals surface area contributed by atoms with Crippen LogP contribution in [0.15, 0.2) is 42.7 Å². The Kier molecular flexibility index (Phi) is 3.58. The smallest absolute Gasteiger partial charge is 0.258 e. The third kappa shape index (κ3) is 2.49. The molecule has 1 aromatic carbocycles. The Bertz CT molecular complexity index is 574. The maximum atomic E-state index is 13.0. The molecule has 0 saturated heterocycles.